The van der Waals surface area contributed by atoms with E-state index in [0.717, 1.165) is 13.8 Å². The molecule has 218 valence electrons. The zero-order valence-corrected chi connectivity index (χ0v) is 20.2. The number of carbonyl (C=O) groups is 6. The number of amides is 1. The van der Waals surface area contributed by atoms with E-state index in [1.165, 1.54) is 0 Å². The van der Waals surface area contributed by atoms with Crippen LogP contribution in [-0.4, -0.2) is 151 Å². The van der Waals surface area contributed by atoms with Crippen LogP contribution in [0.15, 0.2) is 0 Å². The first kappa shape index (κ1) is 35.1. The van der Waals surface area contributed by atoms with Crippen LogP contribution in [0, 0.1) is 0 Å². The third-order valence-electron chi connectivity index (χ3n) is 5.08. The predicted octanol–water partition coefficient (Wildman–Crippen LogP) is -7.85. The lowest BCUT2D eigenvalue weighted by molar-refractivity contribution is -0.173. The standard InChI is InChI=1S/C20H32N2O16/c1-6(37-19(35)16(33)14(31)12(29)9(27)4-24)11(21)18(8(3-23)22-7(2)26)38-20(36)17(34)15(32)13(30)10(28)5-25/h3,6,8-15,18,24-25,27-32H,4-5,21H2,1-2H3,(H,22,26)/t6-,8+,9+,10+,11+,12-,13-,14-,15-,18-/m1/s1. The number of aldehydes is 1. The Hall–Kier alpha value is -2.94. The zero-order chi connectivity index (χ0) is 29.9. The summed E-state index contributed by atoms with van der Waals surface area (Å²) in [4.78, 5) is 71.5. The van der Waals surface area contributed by atoms with Crippen molar-refractivity contribution in [3.63, 3.8) is 0 Å². The van der Waals surface area contributed by atoms with E-state index in [1.807, 2.05) is 5.32 Å². The maximum absolute atomic E-state index is 12.3. The summed E-state index contributed by atoms with van der Waals surface area (Å²) < 4.78 is 9.54. The number of Topliss-reactive ketones (excluding diaryl/α,β-unsaturated/α-hetero) is 2. The lowest BCUT2D eigenvalue weighted by Crippen LogP contribution is -2.59. The van der Waals surface area contributed by atoms with Crippen LogP contribution in [0.5, 0.6) is 0 Å². The molecular formula is C20H32N2O16. The van der Waals surface area contributed by atoms with Crippen molar-refractivity contribution in [2.24, 2.45) is 5.73 Å². The molecule has 0 spiro atoms. The van der Waals surface area contributed by atoms with E-state index < -0.39 is 104 Å². The molecule has 10 atom stereocenters. The van der Waals surface area contributed by atoms with Crippen LogP contribution in [0.4, 0.5) is 0 Å². The van der Waals surface area contributed by atoms with Crippen molar-refractivity contribution < 1.29 is 79.1 Å². The first-order chi connectivity index (χ1) is 17.5. The fraction of sp³-hybridized carbons (Fsp3) is 0.700. The van der Waals surface area contributed by atoms with Crippen molar-refractivity contribution in [1.82, 2.24) is 5.32 Å². The summed E-state index contributed by atoms with van der Waals surface area (Å²) in [5.74, 6) is -8.28. The molecule has 0 aliphatic rings. The van der Waals surface area contributed by atoms with Crippen LogP contribution in [-0.2, 0) is 38.2 Å². The second-order valence-corrected chi connectivity index (χ2v) is 8.02. The summed E-state index contributed by atoms with van der Waals surface area (Å²) in [7, 11) is 0. The van der Waals surface area contributed by atoms with Crippen molar-refractivity contribution in [3.05, 3.63) is 0 Å². The van der Waals surface area contributed by atoms with Gasteiger partial charge in [0, 0.05) is 6.92 Å². The minimum Gasteiger partial charge on any atom is -0.455 e. The topological polar surface area (TPSA) is 321 Å². The Labute approximate surface area is 214 Å². The van der Waals surface area contributed by atoms with Crippen molar-refractivity contribution in [3.8, 4) is 0 Å². The van der Waals surface area contributed by atoms with E-state index in [2.05, 4.69) is 0 Å². The SMILES string of the molecule is CC(=O)N[C@@H](C=O)[C@@H](OC(=O)C(=O)[C@H](O)[C@H](O)[C@@H](O)CO)[C@@H](N)[C@@H](C)OC(=O)C(=O)[C@H](O)[C@H](O)[C@@H](O)CO. The number of carbonyl (C=O) groups excluding carboxylic acids is 6. The predicted molar refractivity (Wildman–Crippen MR) is 117 cm³/mol. The first-order valence-electron chi connectivity index (χ1n) is 10.8. The largest absolute Gasteiger partial charge is 0.455 e. The second-order valence-electron chi connectivity index (χ2n) is 8.02. The van der Waals surface area contributed by atoms with E-state index >= 15 is 0 Å². The molecule has 38 heavy (non-hydrogen) atoms. The van der Waals surface area contributed by atoms with Crippen molar-refractivity contribution in [1.29, 1.82) is 0 Å². The minimum atomic E-state index is -2.60. The van der Waals surface area contributed by atoms with Gasteiger partial charge in [0.1, 0.15) is 49.0 Å². The smallest absolute Gasteiger partial charge is 0.377 e. The number of nitrogens with one attached hydrogen (secondary N) is 1. The van der Waals surface area contributed by atoms with Gasteiger partial charge in [-0.3, -0.25) is 14.4 Å². The van der Waals surface area contributed by atoms with Crippen LogP contribution >= 0.6 is 0 Å². The number of aliphatic hydroxyl groups excluding tert-OH is 8. The van der Waals surface area contributed by atoms with E-state index in [4.69, 9.17) is 25.4 Å². The molecule has 0 aromatic heterocycles. The maximum Gasteiger partial charge on any atom is 0.377 e. The summed E-state index contributed by atoms with van der Waals surface area (Å²) in [5.41, 5.74) is 5.86. The first-order valence-corrected chi connectivity index (χ1v) is 10.8. The van der Waals surface area contributed by atoms with E-state index in [-0.39, 0.29) is 6.29 Å². The highest BCUT2D eigenvalue weighted by Crippen LogP contribution is 2.13. The molecule has 0 rings (SSSR count). The lowest BCUT2D eigenvalue weighted by atomic mass is 9.99. The van der Waals surface area contributed by atoms with Crippen LogP contribution in [0.3, 0.4) is 0 Å². The highest BCUT2D eigenvalue weighted by Gasteiger charge is 2.42. The summed E-state index contributed by atoms with van der Waals surface area (Å²) >= 11 is 0. The Bertz CT molecular complexity index is 853. The average molecular weight is 556 g/mol. The van der Waals surface area contributed by atoms with Crippen molar-refractivity contribution in [2.75, 3.05) is 13.2 Å². The molecule has 0 aliphatic heterocycles. The summed E-state index contributed by atoms with van der Waals surface area (Å²) in [6, 6.07) is -3.60. The molecule has 0 aromatic rings. The molecule has 0 unspecified atom stereocenters. The van der Waals surface area contributed by atoms with Crippen LogP contribution in [0.25, 0.3) is 0 Å². The molecule has 0 fully saturated rings. The fourth-order valence-electron chi connectivity index (χ4n) is 2.76. The number of nitrogens with two attached hydrogens (primary N) is 1. The third-order valence-corrected chi connectivity index (χ3v) is 5.08. The number of ether oxygens (including phenoxy) is 2. The Morgan fingerprint density at radius 2 is 1.21 bits per heavy atom. The fourth-order valence-corrected chi connectivity index (χ4v) is 2.76. The van der Waals surface area contributed by atoms with Gasteiger partial charge in [-0.1, -0.05) is 0 Å². The third kappa shape index (κ3) is 9.74. The highest BCUT2D eigenvalue weighted by atomic mass is 16.6. The number of aliphatic hydroxyl groups is 8. The molecule has 18 nitrogen and oxygen atoms in total. The van der Waals surface area contributed by atoms with Gasteiger partial charge in [-0.15, -0.1) is 0 Å². The molecular weight excluding hydrogens is 524 g/mol. The number of esters is 2. The van der Waals surface area contributed by atoms with E-state index in [1.54, 1.807) is 0 Å². The van der Waals surface area contributed by atoms with Gasteiger partial charge in [0.2, 0.25) is 5.91 Å². The molecule has 11 N–H and O–H groups in total. The Balaban J connectivity index is 5.81. The molecule has 0 saturated carbocycles. The van der Waals surface area contributed by atoms with Crippen LogP contribution in [0.1, 0.15) is 13.8 Å². The molecule has 0 saturated heterocycles. The Morgan fingerprint density at radius 3 is 1.55 bits per heavy atom. The van der Waals surface area contributed by atoms with Crippen LogP contribution in [0.2, 0.25) is 0 Å². The quantitative estimate of drug-likeness (QED) is 0.0451. The van der Waals surface area contributed by atoms with Crippen molar-refractivity contribution >= 4 is 35.7 Å². The molecule has 0 radical (unpaired) electrons. The van der Waals surface area contributed by atoms with Gasteiger partial charge in [-0.25, -0.2) is 9.59 Å². The number of hydrogen-bond donors (Lipinski definition) is 10. The Kier molecular flexibility index (Phi) is 14.9. The maximum atomic E-state index is 12.3. The van der Waals surface area contributed by atoms with Gasteiger partial charge >= 0.3 is 11.9 Å². The molecule has 18 heteroatoms. The highest BCUT2D eigenvalue weighted by molar-refractivity contribution is 6.36. The molecule has 0 aromatic carbocycles. The minimum absolute atomic E-state index is 0.0144. The van der Waals surface area contributed by atoms with Gasteiger partial charge in [0.05, 0.1) is 19.3 Å². The van der Waals surface area contributed by atoms with Gasteiger partial charge in [0.25, 0.3) is 11.6 Å². The summed E-state index contributed by atoms with van der Waals surface area (Å²) in [6.07, 6.45) is -17.5. The number of ketones is 2. The number of hydrogen-bond acceptors (Lipinski definition) is 17. The van der Waals surface area contributed by atoms with Crippen LogP contribution < -0.4 is 11.1 Å². The van der Waals surface area contributed by atoms with E-state index in [0.29, 0.717) is 0 Å². The molecule has 0 bridgehead atoms. The van der Waals surface area contributed by atoms with E-state index in [9.17, 15) is 59.4 Å². The lowest BCUT2D eigenvalue weighted by Gasteiger charge is -2.32. The number of rotatable bonds is 17. The summed E-state index contributed by atoms with van der Waals surface area (Å²) in [5, 5.41) is 76.8. The normalized spacial score (nSPS) is 19.2. The zero-order valence-electron chi connectivity index (χ0n) is 20.2. The summed E-state index contributed by atoms with van der Waals surface area (Å²) in [6.45, 7) is -0.238. The van der Waals surface area contributed by atoms with Gasteiger partial charge < -0.3 is 66.2 Å². The molecule has 1 amide bonds. The van der Waals surface area contributed by atoms with Gasteiger partial charge in [0.15, 0.2) is 12.2 Å². The van der Waals surface area contributed by atoms with Crippen molar-refractivity contribution in [2.45, 2.75) is 74.8 Å². The average Bonchev–Trinajstić information content (AvgIpc) is 2.90. The Morgan fingerprint density at radius 1 is 0.816 bits per heavy atom. The molecule has 0 heterocycles. The monoisotopic (exact) mass is 556 g/mol. The molecule has 0 aliphatic carbocycles. The van der Waals surface area contributed by atoms with Gasteiger partial charge in [-0.05, 0) is 6.92 Å². The second kappa shape index (κ2) is 16.1. The van der Waals surface area contributed by atoms with Gasteiger partial charge in [-0.2, -0.15) is 0 Å².